The summed E-state index contributed by atoms with van der Waals surface area (Å²) < 4.78 is 25.0. The van der Waals surface area contributed by atoms with Crippen LogP contribution in [0.1, 0.15) is 23.7 Å². The van der Waals surface area contributed by atoms with Crippen molar-refractivity contribution in [3.8, 4) is 5.75 Å². The summed E-state index contributed by atoms with van der Waals surface area (Å²) in [5, 5.41) is 8.49. The van der Waals surface area contributed by atoms with Gasteiger partial charge in [0.15, 0.2) is 0 Å². The summed E-state index contributed by atoms with van der Waals surface area (Å²) >= 11 is 0. The zero-order chi connectivity index (χ0) is 22.7. The third kappa shape index (κ3) is 4.29. The molecule has 162 valence electrons. The molecule has 0 fully saturated rings. The molecule has 0 saturated carbocycles. The number of halogens is 1. The predicted octanol–water partition coefficient (Wildman–Crippen LogP) is 4.87. The van der Waals surface area contributed by atoms with E-state index in [1.165, 1.54) is 25.3 Å². The Kier molecular flexibility index (Phi) is 5.85. The zero-order valence-corrected chi connectivity index (χ0v) is 17.4. The van der Waals surface area contributed by atoms with Crippen molar-refractivity contribution < 1.29 is 23.1 Å². The van der Waals surface area contributed by atoms with E-state index in [4.69, 9.17) is 9.15 Å². The molecule has 2 amide bonds. The molecule has 0 bridgehead atoms. The molecule has 0 saturated heterocycles. The van der Waals surface area contributed by atoms with Gasteiger partial charge in [-0.1, -0.05) is 30.3 Å². The lowest BCUT2D eigenvalue weighted by Gasteiger charge is -2.10. The second kappa shape index (κ2) is 8.89. The van der Waals surface area contributed by atoms with E-state index in [9.17, 15) is 14.0 Å². The Balaban J connectivity index is 1.47. The minimum absolute atomic E-state index is 0.0845. The van der Waals surface area contributed by atoms with Crippen LogP contribution in [0.2, 0.25) is 0 Å². The molecule has 1 heterocycles. The highest BCUT2D eigenvalue weighted by Gasteiger charge is 2.15. The van der Waals surface area contributed by atoms with Gasteiger partial charge < -0.3 is 14.5 Å². The van der Waals surface area contributed by atoms with E-state index in [2.05, 4.69) is 15.8 Å². The normalized spacial score (nSPS) is 11.5. The van der Waals surface area contributed by atoms with Crippen LogP contribution in [0.15, 0.2) is 70.2 Å². The van der Waals surface area contributed by atoms with Gasteiger partial charge in [-0.05, 0) is 31.2 Å². The Morgan fingerprint density at radius 2 is 1.78 bits per heavy atom. The molecule has 8 heteroatoms. The topological polar surface area (TPSA) is 92.9 Å². The van der Waals surface area contributed by atoms with Crippen LogP contribution in [0.4, 0.5) is 10.1 Å². The summed E-state index contributed by atoms with van der Waals surface area (Å²) in [5.41, 5.74) is 4.28. The first kappa shape index (κ1) is 21.0. The van der Waals surface area contributed by atoms with Crippen LogP contribution in [-0.4, -0.2) is 24.6 Å². The van der Waals surface area contributed by atoms with E-state index in [0.717, 1.165) is 16.4 Å². The number of benzene rings is 3. The van der Waals surface area contributed by atoms with Gasteiger partial charge >= 0.3 is 0 Å². The first-order chi connectivity index (χ1) is 15.5. The Morgan fingerprint density at radius 3 is 2.56 bits per heavy atom. The van der Waals surface area contributed by atoms with Crippen molar-refractivity contribution in [1.82, 2.24) is 5.43 Å². The fourth-order valence-corrected chi connectivity index (χ4v) is 3.34. The van der Waals surface area contributed by atoms with Gasteiger partial charge in [-0.25, -0.2) is 9.82 Å². The van der Waals surface area contributed by atoms with E-state index in [0.29, 0.717) is 22.7 Å². The van der Waals surface area contributed by atoms with Gasteiger partial charge in [-0.3, -0.25) is 9.59 Å². The number of para-hydroxylation sites is 1. The zero-order valence-electron chi connectivity index (χ0n) is 17.4. The number of nitrogens with zero attached hydrogens (tertiary/aromatic N) is 1. The number of methoxy groups -OCH3 is 1. The van der Waals surface area contributed by atoms with Crippen molar-refractivity contribution in [2.24, 2.45) is 5.10 Å². The molecule has 0 atom stereocenters. The second-order valence-corrected chi connectivity index (χ2v) is 7.14. The highest BCUT2D eigenvalue weighted by Crippen LogP contribution is 2.36. The lowest BCUT2D eigenvalue weighted by molar-refractivity contribution is -0.115. The summed E-state index contributed by atoms with van der Waals surface area (Å²) in [6, 6.07) is 16.7. The van der Waals surface area contributed by atoms with E-state index in [-0.39, 0.29) is 17.9 Å². The lowest BCUT2D eigenvalue weighted by Crippen LogP contribution is -2.22. The van der Waals surface area contributed by atoms with Crippen molar-refractivity contribution in [3.63, 3.8) is 0 Å². The molecular formula is C24H20FN3O4. The summed E-state index contributed by atoms with van der Waals surface area (Å²) in [6.07, 6.45) is -0.0845. The molecule has 7 nitrogen and oxygen atoms in total. The van der Waals surface area contributed by atoms with E-state index in [1.807, 2.05) is 30.3 Å². The van der Waals surface area contributed by atoms with Crippen molar-refractivity contribution >= 4 is 45.2 Å². The van der Waals surface area contributed by atoms with Gasteiger partial charge in [-0.15, -0.1) is 0 Å². The molecule has 0 aliphatic rings. The van der Waals surface area contributed by atoms with Crippen LogP contribution in [0.3, 0.4) is 0 Å². The van der Waals surface area contributed by atoms with Gasteiger partial charge in [-0.2, -0.15) is 5.10 Å². The number of nitrogens with one attached hydrogen (secondary N) is 2. The minimum Gasteiger partial charge on any atom is -0.495 e. The number of amides is 2. The van der Waals surface area contributed by atoms with Crippen LogP contribution >= 0.6 is 0 Å². The lowest BCUT2D eigenvalue weighted by atomic mass is 10.1. The van der Waals surface area contributed by atoms with Crippen LogP contribution in [0.25, 0.3) is 21.9 Å². The average molecular weight is 433 g/mol. The number of carbonyl (C=O) groups is 2. The van der Waals surface area contributed by atoms with Gasteiger partial charge in [0.1, 0.15) is 22.7 Å². The fraction of sp³-hybridized carbons (Fsp3) is 0.125. The fourth-order valence-electron chi connectivity index (χ4n) is 3.34. The number of carbonyl (C=O) groups excluding carboxylic acids is 2. The molecule has 3 aromatic carbocycles. The van der Waals surface area contributed by atoms with Crippen LogP contribution in [-0.2, 0) is 4.79 Å². The second-order valence-electron chi connectivity index (χ2n) is 7.14. The number of hydrogen-bond donors (Lipinski definition) is 2. The van der Waals surface area contributed by atoms with Crippen LogP contribution in [0, 0.1) is 5.82 Å². The van der Waals surface area contributed by atoms with Gasteiger partial charge in [0.25, 0.3) is 5.91 Å². The number of furan rings is 1. The Morgan fingerprint density at radius 1 is 1.03 bits per heavy atom. The number of rotatable bonds is 6. The maximum absolute atomic E-state index is 13.7. The standard InChI is InChI=1S/C24H20FN3O4/c1-14(27-28-24(30)16-8-3-5-9-18(16)25)11-23(29)26-19-13-21-17(12-22(19)31-2)15-7-4-6-10-20(15)32-21/h3-10,12-13H,11H2,1-2H3,(H,26,29)(H,28,30)/b27-14+. The average Bonchev–Trinajstić information content (AvgIpc) is 3.14. The largest absolute Gasteiger partial charge is 0.495 e. The number of ether oxygens (including phenoxy) is 1. The highest BCUT2D eigenvalue weighted by molar-refractivity contribution is 6.10. The molecule has 0 aliphatic heterocycles. The van der Waals surface area contributed by atoms with E-state index < -0.39 is 11.7 Å². The van der Waals surface area contributed by atoms with E-state index >= 15 is 0 Å². The molecule has 0 radical (unpaired) electrons. The summed E-state index contributed by atoms with van der Waals surface area (Å²) in [4.78, 5) is 24.6. The monoisotopic (exact) mass is 433 g/mol. The number of hydrazone groups is 1. The van der Waals surface area contributed by atoms with Crippen molar-refractivity contribution in [1.29, 1.82) is 0 Å². The van der Waals surface area contributed by atoms with E-state index in [1.54, 1.807) is 19.1 Å². The first-order valence-electron chi connectivity index (χ1n) is 9.83. The Hall–Kier alpha value is -4.20. The number of anilines is 1. The molecule has 0 aliphatic carbocycles. The maximum Gasteiger partial charge on any atom is 0.274 e. The summed E-state index contributed by atoms with van der Waals surface area (Å²) in [6.45, 7) is 1.58. The third-order valence-corrected chi connectivity index (χ3v) is 4.86. The molecular weight excluding hydrogens is 413 g/mol. The predicted molar refractivity (Wildman–Crippen MR) is 120 cm³/mol. The smallest absolute Gasteiger partial charge is 0.274 e. The quantitative estimate of drug-likeness (QED) is 0.335. The highest BCUT2D eigenvalue weighted by atomic mass is 19.1. The van der Waals surface area contributed by atoms with Crippen LogP contribution < -0.4 is 15.5 Å². The van der Waals surface area contributed by atoms with Crippen LogP contribution in [0.5, 0.6) is 5.75 Å². The summed E-state index contributed by atoms with van der Waals surface area (Å²) in [5.74, 6) is -1.22. The Labute approximate surface area is 182 Å². The molecule has 4 rings (SSSR count). The van der Waals surface area contributed by atoms with Gasteiger partial charge in [0, 0.05) is 22.6 Å². The first-order valence-corrected chi connectivity index (χ1v) is 9.83. The van der Waals surface area contributed by atoms with Gasteiger partial charge in [0.2, 0.25) is 5.91 Å². The van der Waals surface area contributed by atoms with Crippen molar-refractivity contribution in [2.75, 3.05) is 12.4 Å². The molecule has 0 unspecified atom stereocenters. The molecule has 2 N–H and O–H groups in total. The molecule has 0 spiro atoms. The van der Waals surface area contributed by atoms with Crippen molar-refractivity contribution in [2.45, 2.75) is 13.3 Å². The summed E-state index contributed by atoms with van der Waals surface area (Å²) in [7, 11) is 1.52. The minimum atomic E-state index is -0.695. The SMILES string of the molecule is COc1cc2c(cc1NC(=O)C/C(C)=N/NC(=O)c1ccccc1F)oc1ccccc12. The van der Waals surface area contributed by atoms with Gasteiger partial charge in [0.05, 0.1) is 24.8 Å². The van der Waals surface area contributed by atoms with Crippen molar-refractivity contribution in [3.05, 3.63) is 72.0 Å². The third-order valence-electron chi connectivity index (χ3n) is 4.86. The number of hydrogen-bond acceptors (Lipinski definition) is 5. The molecule has 1 aromatic heterocycles. The molecule has 32 heavy (non-hydrogen) atoms. The maximum atomic E-state index is 13.7. The Bertz CT molecular complexity index is 1360. The molecule has 4 aromatic rings. The number of fused-ring (bicyclic) bond motifs is 3.